The summed E-state index contributed by atoms with van der Waals surface area (Å²) in [6, 6.07) is 22.1. The van der Waals surface area contributed by atoms with Gasteiger partial charge in [0.15, 0.2) is 5.16 Å². The van der Waals surface area contributed by atoms with Gasteiger partial charge in [0.05, 0.1) is 6.04 Å². The second kappa shape index (κ2) is 9.09. The van der Waals surface area contributed by atoms with Crippen LogP contribution in [0.25, 0.3) is 0 Å². The van der Waals surface area contributed by atoms with E-state index in [-0.39, 0.29) is 23.4 Å². The van der Waals surface area contributed by atoms with Crippen LogP contribution in [0.4, 0.5) is 0 Å². The van der Waals surface area contributed by atoms with Crippen molar-refractivity contribution in [3.63, 3.8) is 0 Å². The predicted molar refractivity (Wildman–Crippen MR) is 115 cm³/mol. The lowest BCUT2D eigenvalue weighted by molar-refractivity contribution is -0.121. The zero-order valence-corrected chi connectivity index (χ0v) is 16.8. The molecule has 0 unspecified atom stereocenters. The number of amides is 1. The smallest absolute Gasteiger partial charge is 0.254 e. The quantitative estimate of drug-likeness (QED) is 0.610. The SMILES string of the molecule is O=C(C[C@H]1CSc2nccc(=O)n21)NCCC(c1ccccc1)c1ccccc1. The minimum Gasteiger partial charge on any atom is -0.356 e. The molecule has 29 heavy (non-hydrogen) atoms. The van der Waals surface area contributed by atoms with Crippen molar-refractivity contribution in [2.24, 2.45) is 0 Å². The molecule has 0 saturated heterocycles. The largest absolute Gasteiger partial charge is 0.356 e. The average Bonchev–Trinajstić information content (AvgIpc) is 3.16. The molecule has 0 aliphatic carbocycles. The third-order valence-electron chi connectivity index (χ3n) is 5.20. The number of carbonyl (C=O) groups excluding carboxylic acids is 1. The van der Waals surface area contributed by atoms with Crippen molar-refractivity contribution in [2.75, 3.05) is 12.3 Å². The summed E-state index contributed by atoms with van der Waals surface area (Å²) in [4.78, 5) is 28.8. The molecule has 0 fully saturated rings. The van der Waals surface area contributed by atoms with E-state index in [2.05, 4.69) is 34.6 Å². The van der Waals surface area contributed by atoms with Crippen molar-refractivity contribution in [1.29, 1.82) is 0 Å². The Kier molecular flexibility index (Phi) is 6.10. The van der Waals surface area contributed by atoms with Crippen LogP contribution in [0.15, 0.2) is 82.9 Å². The van der Waals surface area contributed by atoms with E-state index >= 15 is 0 Å². The summed E-state index contributed by atoms with van der Waals surface area (Å²) in [6.45, 7) is 0.585. The molecule has 1 aliphatic rings. The van der Waals surface area contributed by atoms with E-state index in [0.29, 0.717) is 23.9 Å². The normalized spacial score (nSPS) is 15.3. The van der Waals surface area contributed by atoms with Gasteiger partial charge in [-0.3, -0.25) is 14.2 Å². The number of carbonyl (C=O) groups is 1. The molecule has 6 heteroatoms. The van der Waals surface area contributed by atoms with Gasteiger partial charge in [-0.1, -0.05) is 72.4 Å². The van der Waals surface area contributed by atoms with Crippen LogP contribution < -0.4 is 10.9 Å². The van der Waals surface area contributed by atoms with Gasteiger partial charge in [0.2, 0.25) is 5.91 Å². The molecule has 0 radical (unpaired) electrons. The van der Waals surface area contributed by atoms with E-state index in [1.165, 1.54) is 35.2 Å². The summed E-state index contributed by atoms with van der Waals surface area (Å²) < 4.78 is 1.64. The summed E-state index contributed by atoms with van der Waals surface area (Å²) in [6.07, 6.45) is 2.64. The number of rotatable bonds is 7. The Morgan fingerprint density at radius 3 is 2.38 bits per heavy atom. The van der Waals surface area contributed by atoms with Crippen molar-refractivity contribution < 1.29 is 4.79 Å². The highest BCUT2D eigenvalue weighted by Gasteiger charge is 2.26. The minimum absolute atomic E-state index is 0.0286. The molecule has 0 saturated carbocycles. The molecule has 3 aromatic rings. The van der Waals surface area contributed by atoms with Crippen LogP contribution in [0.1, 0.15) is 35.9 Å². The van der Waals surface area contributed by atoms with Gasteiger partial charge in [-0.25, -0.2) is 4.98 Å². The molecule has 0 bridgehead atoms. The standard InChI is InChI=1S/C23H23N3O2S/c27-21(15-19-16-29-23-25-14-12-22(28)26(19)23)24-13-11-20(17-7-3-1-4-8-17)18-9-5-2-6-10-18/h1-10,12,14,19-20H,11,13,15-16H2,(H,24,27)/t19-/m0/s1. The maximum atomic E-state index is 12.5. The number of thioether (sulfide) groups is 1. The van der Waals surface area contributed by atoms with E-state index in [1.54, 1.807) is 4.57 Å². The Labute approximate surface area is 174 Å². The number of aromatic nitrogens is 2. The molecule has 0 spiro atoms. The maximum Gasteiger partial charge on any atom is 0.254 e. The van der Waals surface area contributed by atoms with Crippen LogP contribution in [0.5, 0.6) is 0 Å². The first-order chi connectivity index (χ1) is 14.2. The van der Waals surface area contributed by atoms with Crippen LogP contribution in [-0.4, -0.2) is 27.8 Å². The first-order valence-electron chi connectivity index (χ1n) is 9.79. The van der Waals surface area contributed by atoms with E-state index in [1.807, 2.05) is 36.4 Å². The van der Waals surface area contributed by atoms with Crippen molar-refractivity contribution in [2.45, 2.75) is 30.0 Å². The van der Waals surface area contributed by atoms with E-state index in [9.17, 15) is 9.59 Å². The van der Waals surface area contributed by atoms with Crippen LogP contribution in [0.2, 0.25) is 0 Å². The van der Waals surface area contributed by atoms with Crippen molar-refractivity contribution >= 4 is 17.7 Å². The molecule has 1 aromatic heterocycles. The summed E-state index contributed by atoms with van der Waals surface area (Å²) in [7, 11) is 0. The summed E-state index contributed by atoms with van der Waals surface area (Å²) in [5, 5.41) is 3.74. The summed E-state index contributed by atoms with van der Waals surface area (Å²) >= 11 is 1.53. The molecular formula is C23H23N3O2S. The number of nitrogens with zero attached hydrogens (tertiary/aromatic N) is 2. The molecule has 148 valence electrons. The van der Waals surface area contributed by atoms with Crippen LogP contribution in [0, 0.1) is 0 Å². The van der Waals surface area contributed by atoms with E-state index in [4.69, 9.17) is 0 Å². The number of hydrogen-bond acceptors (Lipinski definition) is 4. The van der Waals surface area contributed by atoms with Gasteiger partial charge in [0, 0.05) is 36.9 Å². The van der Waals surface area contributed by atoms with E-state index < -0.39 is 0 Å². The topological polar surface area (TPSA) is 64.0 Å². The summed E-state index contributed by atoms with van der Waals surface area (Å²) in [5.74, 6) is 0.905. The monoisotopic (exact) mass is 405 g/mol. The third kappa shape index (κ3) is 4.59. The zero-order chi connectivity index (χ0) is 20.1. The Hall–Kier alpha value is -2.86. The molecular weight excluding hydrogens is 382 g/mol. The van der Waals surface area contributed by atoms with Crippen molar-refractivity contribution in [3.8, 4) is 0 Å². The van der Waals surface area contributed by atoms with Crippen molar-refractivity contribution in [1.82, 2.24) is 14.9 Å². The van der Waals surface area contributed by atoms with E-state index in [0.717, 1.165) is 6.42 Å². The van der Waals surface area contributed by atoms with Gasteiger partial charge in [0.1, 0.15) is 0 Å². The molecule has 5 nitrogen and oxygen atoms in total. The highest BCUT2D eigenvalue weighted by Crippen LogP contribution is 2.31. The second-order valence-electron chi connectivity index (χ2n) is 7.12. The lowest BCUT2D eigenvalue weighted by atomic mass is 9.88. The Morgan fingerprint density at radius 1 is 1.07 bits per heavy atom. The second-order valence-corrected chi connectivity index (χ2v) is 8.10. The maximum absolute atomic E-state index is 12.5. The first kappa shape index (κ1) is 19.5. The Balaban J connectivity index is 1.37. The van der Waals surface area contributed by atoms with Gasteiger partial charge >= 0.3 is 0 Å². The summed E-state index contributed by atoms with van der Waals surface area (Å²) in [5.41, 5.74) is 2.39. The fourth-order valence-electron chi connectivity index (χ4n) is 3.78. The fourth-order valence-corrected chi connectivity index (χ4v) is 4.90. The highest BCUT2D eigenvalue weighted by molar-refractivity contribution is 7.99. The number of nitrogens with one attached hydrogen (secondary N) is 1. The molecule has 4 rings (SSSR count). The van der Waals surface area contributed by atoms with Crippen LogP contribution in [-0.2, 0) is 4.79 Å². The Bertz CT molecular complexity index is 982. The number of hydrogen-bond donors (Lipinski definition) is 1. The number of benzene rings is 2. The van der Waals surface area contributed by atoms with Crippen LogP contribution >= 0.6 is 11.8 Å². The lowest BCUT2D eigenvalue weighted by Crippen LogP contribution is -2.31. The molecule has 2 aromatic carbocycles. The Morgan fingerprint density at radius 2 is 1.72 bits per heavy atom. The molecule has 2 heterocycles. The van der Waals surface area contributed by atoms with Gasteiger partial charge in [0.25, 0.3) is 5.56 Å². The molecule has 1 N–H and O–H groups in total. The minimum atomic E-state index is -0.129. The first-order valence-corrected chi connectivity index (χ1v) is 10.8. The van der Waals surface area contributed by atoms with Crippen molar-refractivity contribution in [3.05, 3.63) is 94.4 Å². The molecule has 1 aliphatic heterocycles. The molecule has 1 atom stereocenters. The third-order valence-corrected chi connectivity index (χ3v) is 6.31. The number of fused-ring (bicyclic) bond motifs is 1. The predicted octanol–water partition coefficient (Wildman–Crippen LogP) is 3.62. The van der Waals surface area contributed by atoms with Gasteiger partial charge in [-0.15, -0.1) is 0 Å². The fraction of sp³-hybridized carbons (Fsp3) is 0.261. The highest BCUT2D eigenvalue weighted by atomic mass is 32.2. The average molecular weight is 406 g/mol. The van der Waals surface area contributed by atoms with Gasteiger partial charge in [-0.05, 0) is 17.5 Å². The van der Waals surface area contributed by atoms with Gasteiger partial charge < -0.3 is 5.32 Å². The van der Waals surface area contributed by atoms with Gasteiger partial charge in [-0.2, -0.15) is 0 Å². The zero-order valence-electron chi connectivity index (χ0n) is 16.0. The van der Waals surface area contributed by atoms with Crippen LogP contribution in [0.3, 0.4) is 0 Å². The lowest BCUT2D eigenvalue weighted by Gasteiger charge is -2.19. The molecule has 1 amide bonds.